The molecule has 2 atom stereocenters. The Balaban J connectivity index is 1.86. The number of carbonyl (C=O) groups is 1. The summed E-state index contributed by atoms with van der Waals surface area (Å²) in [6.07, 6.45) is -5.21. The number of anilines is 1. The molecule has 162 valence electrons. The molecule has 2 aromatic carbocycles. The highest BCUT2D eigenvalue weighted by Gasteiger charge is 2.34. The first-order valence-electron chi connectivity index (χ1n) is 9.21. The van der Waals surface area contributed by atoms with Crippen LogP contribution in [0, 0.1) is 0 Å². The van der Waals surface area contributed by atoms with Gasteiger partial charge in [0.25, 0.3) is 5.91 Å². The van der Waals surface area contributed by atoms with Crippen LogP contribution in [0.5, 0.6) is 0 Å². The van der Waals surface area contributed by atoms with Gasteiger partial charge < -0.3 is 10.1 Å². The van der Waals surface area contributed by atoms with E-state index in [1.54, 1.807) is 13.8 Å². The molecule has 3 rings (SSSR count). The van der Waals surface area contributed by atoms with E-state index in [1.165, 1.54) is 34.6 Å². The van der Waals surface area contributed by atoms with Crippen molar-refractivity contribution in [2.45, 2.75) is 37.1 Å². The largest absolute Gasteiger partial charge is 0.418 e. The third kappa shape index (κ3) is 4.82. The molecule has 1 saturated heterocycles. The van der Waals surface area contributed by atoms with E-state index in [2.05, 4.69) is 5.32 Å². The van der Waals surface area contributed by atoms with Gasteiger partial charge in [0.15, 0.2) is 0 Å². The topological polar surface area (TPSA) is 75.7 Å². The van der Waals surface area contributed by atoms with Gasteiger partial charge in [-0.15, -0.1) is 0 Å². The standard InChI is InChI=1S/C20H21F3N2O4S/c1-13-11-25(12-14(2)29-13)30(27,28)16-7-5-6-15(10-16)19(26)24-18-9-4-3-8-17(18)20(21,22)23/h3-10,13-14H,11-12H2,1-2H3,(H,24,26)/t13-,14-/m0/s1. The van der Waals surface area contributed by atoms with Gasteiger partial charge in [0, 0.05) is 18.7 Å². The minimum absolute atomic E-state index is 0.0672. The first-order valence-corrected chi connectivity index (χ1v) is 10.7. The molecule has 1 amide bonds. The fourth-order valence-corrected chi connectivity index (χ4v) is 4.94. The zero-order valence-electron chi connectivity index (χ0n) is 16.3. The van der Waals surface area contributed by atoms with Crippen LogP contribution in [0.2, 0.25) is 0 Å². The van der Waals surface area contributed by atoms with Crippen molar-refractivity contribution in [1.82, 2.24) is 4.31 Å². The molecule has 0 aromatic heterocycles. The Morgan fingerprint density at radius 1 is 1.07 bits per heavy atom. The number of morpholine rings is 1. The Morgan fingerprint density at radius 3 is 2.33 bits per heavy atom. The fourth-order valence-electron chi connectivity index (χ4n) is 3.31. The number of halogens is 3. The average molecular weight is 442 g/mol. The van der Waals surface area contributed by atoms with Crippen molar-refractivity contribution in [3.63, 3.8) is 0 Å². The van der Waals surface area contributed by atoms with Crippen LogP contribution in [-0.4, -0.2) is 43.9 Å². The normalized spacial score (nSPS) is 20.7. The summed E-state index contributed by atoms with van der Waals surface area (Å²) in [5.74, 6) is -0.840. The molecular weight excluding hydrogens is 421 g/mol. The van der Waals surface area contributed by atoms with Gasteiger partial charge in [-0.25, -0.2) is 8.42 Å². The number of sulfonamides is 1. The first-order chi connectivity index (χ1) is 14.0. The quantitative estimate of drug-likeness (QED) is 0.783. The summed E-state index contributed by atoms with van der Waals surface area (Å²) < 4.78 is 72.2. The molecule has 0 spiro atoms. The van der Waals surface area contributed by atoms with Gasteiger partial charge in [0.1, 0.15) is 0 Å². The van der Waals surface area contributed by atoms with Crippen LogP contribution >= 0.6 is 0 Å². The molecule has 1 fully saturated rings. The summed E-state index contributed by atoms with van der Waals surface area (Å²) in [5.41, 5.74) is -1.46. The zero-order chi connectivity index (χ0) is 22.1. The Hall–Kier alpha value is -2.43. The summed E-state index contributed by atoms with van der Waals surface area (Å²) in [4.78, 5) is 12.4. The summed E-state index contributed by atoms with van der Waals surface area (Å²) in [6.45, 7) is 3.87. The Bertz CT molecular complexity index is 1030. The zero-order valence-corrected chi connectivity index (χ0v) is 17.1. The number of amides is 1. The van der Waals surface area contributed by atoms with Crippen LogP contribution in [0.3, 0.4) is 0 Å². The first kappa shape index (κ1) is 22.3. The average Bonchev–Trinajstić information content (AvgIpc) is 2.67. The lowest BCUT2D eigenvalue weighted by Crippen LogP contribution is -2.48. The highest BCUT2D eigenvalue weighted by molar-refractivity contribution is 7.89. The van der Waals surface area contributed by atoms with Gasteiger partial charge in [-0.2, -0.15) is 17.5 Å². The molecule has 2 aromatic rings. The third-order valence-corrected chi connectivity index (χ3v) is 6.43. The second-order valence-corrected chi connectivity index (χ2v) is 9.04. The van der Waals surface area contributed by atoms with Crippen LogP contribution in [0.4, 0.5) is 18.9 Å². The number of benzene rings is 2. The minimum Gasteiger partial charge on any atom is -0.373 e. The monoisotopic (exact) mass is 442 g/mol. The number of ether oxygens (including phenoxy) is 1. The lowest BCUT2D eigenvalue weighted by molar-refractivity contribution is -0.136. The molecule has 1 N–H and O–H groups in total. The number of nitrogens with one attached hydrogen (secondary N) is 1. The third-order valence-electron chi connectivity index (χ3n) is 4.60. The molecule has 0 bridgehead atoms. The van der Waals surface area contributed by atoms with E-state index in [4.69, 9.17) is 4.74 Å². The fraction of sp³-hybridized carbons (Fsp3) is 0.350. The van der Waals surface area contributed by atoms with Crippen molar-refractivity contribution in [2.75, 3.05) is 18.4 Å². The molecule has 10 heteroatoms. The summed E-state index contributed by atoms with van der Waals surface area (Å²) in [5, 5.41) is 2.22. The molecule has 0 unspecified atom stereocenters. The number of hydrogen-bond donors (Lipinski definition) is 1. The van der Waals surface area contributed by atoms with Gasteiger partial charge in [-0.3, -0.25) is 4.79 Å². The molecule has 6 nitrogen and oxygen atoms in total. The van der Waals surface area contributed by atoms with E-state index < -0.39 is 33.4 Å². The number of carbonyl (C=O) groups excluding carboxylic acids is 1. The maximum atomic E-state index is 13.1. The maximum Gasteiger partial charge on any atom is 0.418 e. The molecular formula is C20H21F3N2O4S. The summed E-state index contributed by atoms with van der Waals surface area (Å²) in [6, 6.07) is 9.81. The van der Waals surface area contributed by atoms with Gasteiger partial charge in [-0.1, -0.05) is 18.2 Å². The molecule has 30 heavy (non-hydrogen) atoms. The Kier molecular flexibility index (Phi) is 6.21. The second kappa shape index (κ2) is 8.37. The summed E-state index contributed by atoms with van der Waals surface area (Å²) >= 11 is 0. The summed E-state index contributed by atoms with van der Waals surface area (Å²) in [7, 11) is -3.89. The van der Waals surface area contributed by atoms with Crippen molar-refractivity contribution in [2.24, 2.45) is 0 Å². The highest BCUT2D eigenvalue weighted by atomic mass is 32.2. The predicted molar refractivity (Wildman–Crippen MR) is 105 cm³/mol. The lowest BCUT2D eigenvalue weighted by Gasteiger charge is -2.34. The van der Waals surface area contributed by atoms with E-state index in [0.717, 1.165) is 18.2 Å². The van der Waals surface area contributed by atoms with E-state index >= 15 is 0 Å². The number of nitrogens with zero attached hydrogens (tertiary/aromatic N) is 1. The minimum atomic E-state index is -4.64. The number of hydrogen-bond acceptors (Lipinski definition) is 4. The number of rotatable bonds is 4. The van der Waals surface area contributed by atoms with Gasteiger partial charge in [0.05, 0.1) is 28.4 Å². The number of para-hydroxylation sites is 1. The van der Waals surface area contributed by atoms with E-state index in [0.29, 0.717) is 0 Å². The maximum absolute atomic E-state index is 13.1. The smallest absolute Gasteiger partial charge is 0.373 e. The molecule has 1 aliphatic rings. The highest BCUT2D eigenvalue weighted by Crippen LogP contribution is 2.34. The van der Waals surface area contributed by atoms with Crippen molar-refractivity contribution in [3.05, 3.63) is 59.7 Å². The van der Waals surface area contributed by atoms with Crippen LogP contribution in [0.25, 0.3) is 0 Å². The van der Waals surface area contributed by atoms with Crippen LogP contribution in [-0.2, 0) is 20.9 Å². The van der Waals surface area contributed by atoms with Crippen LogP contribution in [0.15, 0.2) is 53.4 Å². The van der Waals surface area contributed by atoms with Crippen molar-refractivity contribution in [1.29, 1.82) is 0 Å². The molecule has 0 aliphatic carbocycles. The second-order valence-electron chi connectivity index (χ2n) is 7.10. The molecule has 1 aliphatic heterocycles. The SMILES string of the molecule is C[C@H]1CN(S(=O)(=O)c2cccc(C(=O)Nc3ccccc3C(F)(F)F)c2)C[C@H](C)O1. The molecule has 1 heterocycles. The van der Waals surface area contributed by atoms with E-state index in [1.807, 2.05) is 0 Å². The Morgan fingerprint density at radius 2 is 1.70 bits per heavy atom. The van der Waals surface area contributed by atoms with E-state index in [-0.39, 0.29) is 35.8 Å². The van der Waals surface area contributed by atoms with Gasteiger partial charge in [-0.05, 0) is 44.2 Å². The van der Waals surface area contributed by atoms with Crippen LogP contribution < -0.4 is 5.32 Å². The van der Waals surface area contributed by atoms with Gasteiger partial charge >= 0.3 is 6.18 Å². The van der Waals surface area contributed by atoms with Gasteiger partial charge in [0.2, 0.25) is 10.0 Å². The lowest BCUT2D eigenvalue weighted by atomic mass is 10.1. The van der Waals surface area contributed by atoms with E-state index in [9.17, 15) is 26.4 Å². The Labute approximate surface area is 172 Å². The van der Waals surface area contributed by atoms with Crippen molar-refractivity contribution >= 4 is 21.6 Å². The predicted octanol–water partition coefficient (Wildman–Crippen LogP) is 3.76. The van der Waals surface area contributed by atoms with Crippen LogP contribution in [0.1, 0.15) is 29.8 Å². The van der Waals surface area contributed by atoms with Crippen molar-refractivity contribution in [3.8, 4) is 0 Å². The molecule has 0 radical (unpaired) electrons. The van der Waals surface area contributed by atoms with Crippen molar-refractivity contribution < 1.29 is 31.1 Å². The number of alkyl halides is 3. The molecule has 0 saturated carbocycles.